The molecule has 5 heteroatoms. The summed E-state index contributed by atoms with van der Waals surface area (Å²) in [5, 5.41) is 7.23. The first kappa shape index (κ1) is 16.9. The van der Waals surface area contributed by atoms with Crippen LogP contribution < -0.4 is 5.32 Å². The summed E-state index contributed by atoms with van der Waals surface area (Å²) in [7, 11) is 0. The Balaban J connectivity index is 1.86. The number of carbonyl (C=O) groups excluding carboxylic acids is 1. The molecule has 0 aliphatic heterocycles. The van der Waals surface area contributed by atoms with Crippen molar-refractivity contribution in [3.05, 3.63) is 76.4 Å². The molecule has 0 unspecified atom stereocenters. The lowest BCUT2D eigenvalue weighted by atomic mass is 9.93. The van der Waals surface area contributed by atoms with Gasteiger partial charge < -0.3 is 5.32 Å². The number of aromatic nitrogens is 3. The molecular formula is C20H22N4O. The SMILES string of the molecule is Cc1cc(C)c(C)c(C(=O)NCc2ccccc2-n2cncn2)c1C. The predicted molar refractivity (Wildman–Crippen MR) is 97.9 cm³/mol. The molecule has 0 saturated heterocycles. The maximum Gasteiger partial charge on any atom is 0.252 e. The van der Waals surface area contributed by atoms with Crippen molar-refractivity contribution < 1.29 is 4.79 Å². The van der Waals surface area contributed by atoms with E-state index in [0.717, 1.165) is 39.1 Å². The normalized spacial score (nSPS) is 10.7. The van der Waals surface area contributed by atoms with Crippen molar-refractivity contribution in [2.24, 2.45) is 0 Å². The molecule has 0 aliphatic carbocycles. The highest BCUT2D eigenvalue weighted by atomic mass is 16.1. The van der Waals surface area contributed by atoms with Gasteiger partial charge >= 0.3 is 0 Å². The molecular weight excluding hydrogens is 312 g/mol. The van der Waals surface area contributed by atoms with Gasteiger partial charge in [-0.3, -0.25) is 4.79 Å². The van der Waals surface area contributed by atoms with Gasteiger partial charge in [0.2, 0.25) is 0 Å². The smallest absolute Gasteiger partial charge is 0.252 e. The van der Waals surface area contributed by atoms with E-state index in [9.17, 15) is 4.79 Å². The van der Waals surface area contributed by atoms with Gasteiger partial charge in [0.1, 0.15) is 12.7 Å². The van der Waals surface area contributed by atoms with Crippen molar-refractivity contribution >= 4 is 5.91 Å². The largest absolute Gasteiger partial charge is 0.348 e. The first-order valence-electron chi connectivity index (χ1n) is 8.27. The van der Waals surface area contributed by atoms with Gasteiger partial charge in [-0.15, -0.1) is 0 Å². The average molecular weight is 334 g/mol. The van der Waals surface area contributed by atoms with E-state index in [1.807, 2.05) is 52.0 Å². The number of hydrogen-bond donors (Lipinski definition) is 1. The van der Waals surface area contributed by atoms with Crippen molar-refractivity contribution in [1.82, 2.24) is 20.1 Å². The third-order valence-electron chi connectivity index (χ3n) is 4.69. The Morgan fingerprint density at radius 3 is 2.40 bits per heavy atom. The maximum absolute atomic E-state index is 12.8. The average Bonchev–Trinajstić information content (AvgIpc) is 3.13. The molecule has 0 saturated carbocycles. The van der Waals surface area contributed by atoms with Crippen molar-refractivity contribution in [3.63, 3.8) is 0 Å². The number of nitrogens with zero attached hydrogens (tertiary/aromatic N) is 3. The van der Waals surface area contributed by atoms with E-state index in [-0.39, 0.29) is 5.91 Å². The molecule has 0 aliphatic rings. The van der Waals surface area contributed by atoms with Crippen molar-refractivity contribution in [2.45, 2.75) is 34.2 Å². The minimum Gasteiger partial charge on any atom is -0.348 e. The topological polar surface area (TPSA) is 59.8 Å². The van der Waals surface area contributed by atoms with Crippen LogP contribution in [0.4, 0.5) is 0 Å². The van der Waals surface area contributed by atoms with E-state index in [1.54, 1.807) is 11.0 Å². The van der Waals surface area contributed by atoms with E-state index in [4.69, 9.17) is 0 Å². The van der Waals surface area contributed by atoms with Gasteiger partial charge in [-0.1, -0.05) is 24.3 Å². The zero-order valence-electron chi connectivity index (χ0n) is 15.0. The predicted octanol–water partition coefficient (Wildman–Crippen LogP) is 3.43. The highest BCUT2D eigenvalue weighted by Crippen LogP contribution is 2.22. The molecule has 0 radical (unpaired) electrons. The second-order valence-electron chi connectivity index (χ2n) is 6.29. The van der Waals surface area contributed by atoms with Crippen LogP contribution in [0.3, 0.4) is 0 Å². The maximum atomic E-state index is 12.8. The molecule has 0 atom stereocenters. The molecule has 2 aromatic carbocycles. The van der Waals surface area contributed by atoms with Crippen LogP contribution in [0.15, 0.2) is 43.0 Å². The zero-order chi connectivity index (χ0) is 18.0. The van der Waals surface area contributed by atoms with Crippen LogP contribution in [0, 0.1) is 27.7 Å². The van der Waals surface area contributed by atoms with Gasteiger partial charge in [0.15, 0.2) is 0 Å². The highest BCUT2D eigenvalue weighted by molar-refractivity contribution is 5.97. The molecule has 0 fully saturated rings. The van der Waals surface area contributed by atoms with E-state index in [2.05, 4.69) is 21.5 Å². The van der Waals surface area contributed by atoms with Crippen LogP contribution in [0.25, 0.3) is 5.69 Å². The van der Waals surface area contributed by atoms with Crippen LogP contribution in [0.1, 0.15) is 38.2 Å². The fourth-order valence-corrected chi connectivity index (χ4v) is 3.04. The number of para-hydroxylation sites is 1. The molecule has 128 valence electrons. The molecule has 1 amide bonds. The third-order valence-corrected chi connectivity index (χ3v) is 4.69. The zero-order valence-corrected chi connectivity index (χ0v) is 15.0. The molecule has 3 aromatic rings. The molecule has 1 heterocycles. The second kappa shape index (κ2) is 6.89. The Bertz CT molecular complexity index is 887. The summed E-state index contributed by atoms with van der Waals surface area (Å²) in [4.78, 5) is 16.8. The standard InChI is InChI=1S/C20H22N4O/c1-13-9-14(2)16(4)19(15(13)3)20(25)22-10-17-7-5-6-8-18(17)24-12-21-11-23-24/h5-9,11-12H,10H2,1-4H3,(H,22,25). The summed E-state index contributed by atoms with van der Waals surface area (Å²) in [5.41, 5.74) is 7.01. The molecule has 1 aromatic heterocycles. The number of hydrogen-bond acceptors (Lipinski definition) is 3. The number of amides is 1. The second-order valence-corrected chi connectivity index (χ2v) is 6.29. The van der Waals surface area contributed by atoms with Gasteiger partial charge in [0, 0.05) is 12.1 Å². The van der Waals surface area contributed by atoms with Crippen molar-refractivity contribution in [3.8, 4) is 5.69 Å². The summed E-state index contributed by atoms with van der Waals surface area (Å²) >= 11 is 0. The van der Waals surface area contributed by atoms with Gasteiger partial charge in [0.25, 0.3) is 5.91 Å². The molecule has 0 bridgehead atoms. The Kier molecular flexibility index (Phi) is 4.65. The summed E-state index contributed by atoms with van der Waals surface area (Å²) in [5.74, 6) is -0.0461. The molecule has 1 N–H and O–H groups in total. The van der Waals surface area contributed by atoms with Gasteiger partial charge in [-0.05, 0) is 61.6 Å². The Labute approximate surface area is 147 Å². The first-order chi connectivity index (χ1) is 12.0. The van der Waals surface area contributed by atoms with Gasteiger partial charge in [0.05, 0.1) is 5.69 Å². The minimum atomic E-state index is -0.0461. The Hall–Kier alpha value is -2.95. The molecule has 0 spiro atoms. The fraction of sp³-hybridized carbons (Fsp3) is 0.250. The first-order valence-corrected chi connectivity index (χ1v) is 8.27. The quantitative estimate of drug-likeness (QED) is 0.795. The monoisotopic (exact) mass is 334 g/mol. The molecule has 3 rings (SSSR count). The van der Waals surface area contributed by atoms with Gasteiger partial charge in [-0.25, -0.2) is 9.67 Å². The highest BCUT2D eigenvalue weighted by Gasteiger charge is 2.16. The summed E-state index contributed by atoms with van der Waals surface area (Å²) < 4.78 is 1.70. The van der Waals surface area contributed by atoms with Crippen LogP contribution in [0.5, 0.6) is 0 Å². The van der Waals surface area contributed by atoms with Crippen molar-refractivity contribution in [1.29, 1.82) is 0 Å². The van der Waals surface area contributed by atoms with E-state index < -0.39 is 0 Å². The lowest BCUT2D eigenvalue weighted by Gasteiger charge is -2.16. The van der Waals surface area contributed by atoms with E-state index in [0.29, 0.717) is 6.54 Å². The summed E-state index contributed by atoms with van der Waals surface area (Å²) in [6.07, 6.45) is 3.15. The van der Waals surface area contributed by atoms with Crippen LogP contribution in [-0.4, -0.2) is 20.7 Å². The lowest BCUT2D eigenvalue weighted by Crippen LogP contribution is -2.25. The van der Waals surface area contributed by atoms with E-state index in [1.165, 1.54) is 6.33 Å². The van der Waals surface area contributed by atoms with E-state index >= 15 is 0 Å². The Morgan fingerprint density at radius 2 is 1.76 bits per heavy atom. The number of carbonyl (C=O) groups is 1. The number of nitrogens with one attached hydrogen (secondary N) is 1. The van der Waals surface area contributed by atoms with Crippen LogP contribution in [0.2, 0.25) is 0 Å². The Morgan fingerprint density at radius 1 is 1.08 bits per heavy atom. The summed E-state index contributed by atoms with van der Waals surface area (Å²) in [6, 6.07) is 9.97. The summed E-state index contributed by atoms with van der Waals surface area (Å²) in [6.45, 7) is 8.51. The third kappa shape index (κ3) is 3.31. The van der Waals surface area contributed by atoms with Crippen molar-refractivity contribution in [2.75, 3.05) is 0 Å². The van der Waals surface area contributed by atoms with Crippen LogP contribution in [-0.2, 0) is 6.54 Å². The number of aryl methyl sites for hydroxylation is 2. The molecule has 5 nitrogen and oxygen atoms in total. The minimum absolute atomic E-state index is 0.0461. The molecule has 25 heavy (non-hydrogen) atoms. The lowest BCUT2D eigenvalue weighted by molar-refractivity contribution is 0.0949. The van der Waals surface area contributed by atoms with Gasteiger partial charge in [-0.2, -0.15) is 5.10 Å². The van der Waals surface area contributed by atoms with Crippen LogP contribution >= 0.6 is 0 Å². The number of benzene rings is 2. The fourth-order valence-electron chi connectivity index (χ4n) is 3.04. The number of rotatable bonds is 4.